The first kappa shape index (κ1) is 23.2. The molecule has 0 aliphatic carbocycles. The minimum atomic E-state index is -0.149. The molecule has 0 radical (unpaired) electrons. The third-order valence-corrected chi connectivity index (χ3v) is 5.82. The molecule has 1 N–H and O–H groups in total. The number of nitrogens with one attached hydrogen (secondary N) is 1. The van der Waals surface area contributed by atoms with Crippen LogP contribution < -0.4 is 15.0 Å². The summed E-state index contributed by atoms with van der Waals surface area (Å²) in [6.45, 7) is 4.81. The summed E-state index contributed by atoms with van der Waals surface area (Å²) in [7, 11) is 5.81. The fraction of sp³-hybridized carbons (Fsp3) is 0.308. The summed E-state index contributed by atoms with van der Waals surface area (Å²) in [6, 6.07) is 17.7. The van der Waals surface area contributed by atoms with Crippen LogP contribution in [0.1, 0.15) is 35.0 Å². The zero-order valence-corrected chi connectivity index (χ0v) is 20.2. The predicted octanol–water partition coefficient (Wildman–Crippen LogP) is 4.10. The molecule has 1 atom stereocenters. The van der Waals surface area contributed by atoms with Crippen molar-refractivity contribution in [2.24, 2.45) is 0 Å². The van der Waals surface area contributed by atoms with Gasteiger partial charge in [-0.2, -0.15) is 15.5 Å². The van der Waals surface area contributed by atoms with Gasteiger partial charge in [-0.25, -0.2) is 4.68 Å². The number of nitriles is 1. The Labute approximate surface area is 199 Å². The van der Waals surface area contributed by atoms with Crippen LogP contribution in [0, 0.1) is 25.2 Å². The lowest BCUT2D eigenvalue weighted by molar-refractivity contribution is 0.195. The highest BCUT2D eigenvalue weighted by molar-refractivity contribution is 5.92. The highest BCUT2D eigenvalue weighted by Crippen LogP contribution is 2.31. The Morgan fingerprint density at radius 2 is 1.88 bits per heavy atom. The molecule has 0 amide bonds. The Balaban J connectivity index is 1.70. The average molecular weight is 456 g/mol. The zero-order valence-electron chi connectivity index (χ0n) is 20.2. The van der Waals surface area contributed by atoms with Gasteiger partial charge in [0.15, 0.2) is 5.82 Å². The third kappa shape index (κ3) is 4.56. The molecule has 0 aliphatic rings. The standard InChI is InChI=1S/C26H29N7O/c1-17-24-18(2)33(31-25(24)26(30-29-17)32(4)5)21-7-6-8-22(15-21)34-23(13-14-28-3)20-11-9-19(16-27)10-12-20/h6-12,15,23,28H,13-14H2,1-5H3. The fourth-order valence-electron chi connectivity index (χ4n) is 4.06. The number of hydrogen-bond donors (Lipinski definition) is 1. The molecule has 34 heavy (non-hydrogen) atoms. The van der Waals surface area contributed by atoms with Gasteiger partial charge in [-0.1, -0.05) is 18.2 Å². The molecule has 174 valence electrons. The Morgan fingerprint density at radius 1 is 1.12 bits per heavy atom. The van der Waals surface area contributed by atoms with Crippen LogP contribution in [0.5, 0.6) is 5.75 Å². The summed E-state index contributed by atoms with van der Waals surface area (Å²) >= 11 is 0. The molecule has 4 rings (SSSR count). The van der Waals surface area contributed by atoms with Gasteiger partial charge in [0.05, 0.1) is 34.1 Å². The molecule has 0 bridgehead atoms. The van der Waals surface area contributed by atoms with Crippen molar-refractivity contribution in [1.82, 2.24) is 25.3 Å². The van der Waals surface area contributed by atoms with Crippen molar-refractivity contribution >= 4 is 16.7 Å². The Bertz CT molecular complexity index is 1340. The molecular weight excluding hydrogens is 426 g/mol. The number of aryl methyl sites for hydroxylation is 2. The van der Waals surface area contributed by atoms with Crippen molar-refractivity contribution < 1.29 is 4.74 Å². The summed E-state index contributed by atoms with van der Waals surface area (Å²) < 4.78 is 8.36. The van der Waals surface area contributed by atoms with E-state index in [1.54, 1.807) is 0 Å². The van der Waals surface area contributed by atoms with Crippen molar-refractivity contribution in [3.63, 3.8) is 0 Å². The summed E-state index contributed by atoms with van der Waals surface area (Å²) in [4.78, 5) is 1.93. The SMILES string of the molecule is CNCCC(Oc1cccc(-n2nc3c(N(C)C)nnc(C)c3c2C)c1)c1ccc(C#N)cc1. The molecule has 8 heteroatoms. The van der Waals surface area contributed by atoms with E-state index in [1.165, 1.54) is 0 Å². The van der Waals surface area contributed by atoms with Crippen molar-refractivity contribution in [3.8, 4) is 17.5 Å². The van der Waals surface area contributed by atoms with Crippen LogP contribution in [-0.4, -0.2) is 47.7 Å². The second kappa shape index (κ2) is 9.89. The summed E-state index contributed by atoms with van der Waals surface area (Å²) in [5, 5.41) is 26.9. The first-order valence-electron chi connectivity index (χ1n) is 11.2. The van der Waals surface area contributed by atoms with Gasteiger partial charge >= 0.3 is 0 Å². The number of benzene rings is 2. The lowest BCUT2D eigenvalue weighted by atomic mass is 10.0. The second-order valence-corrected chi connectivity index (χ2v) is 8.45. The van der Waals surface area contributed by atoms with E-state index in [1.807, 2.05) is 93.1 Å². The van der Waals surface area contributed by atoms with E-state index in [4.69, 9.17) is 15.1 Å². The number of aromatic nitrogens is 4. The number of ether oxygens (including phenoxy) is 1. The maximum atomic E-state index is 9.11. The zero-order chi connectivity index (χ0) is 24.2. The lowest BCUT2D eigenvalue weighted by Crippen LogP contribution is -2.16. The van der Waals surface area contributed by atoms with Gasteiger partial charge in [0.2, 0.25) is 0 Å². The molecule has 0 saturated heterocycles. The smallest absolute Gasteiger partial charge is 0.179 e. The number of hydrogen-bond acceptors (Lipinski definition) is 7. The summed E-state index contributed by atoms with van der Waals surface area (Å²) in [5.74, 6) is 1.49. The Morgan fingerprint density at radius 3 is 2.56 bits per heavy atom. The van der Waals surface area contributed by atoms with Crippen molar-refractivity contribution in [2.75, 3.05) is 32.6 Å². The lowest BCUT2D eigenvalue weighted by Gasteiger charge is -2.20. The number of nitrogens with zero attached hydrogens (tertiary/aromatic N) is 6. The van der Waals surface area contributed by atoms with Gasteiger partial charge in [-0.05, 0) is 57.3 Å². The van der Waals surface area contributed by atoms with Crippen LogP contribution >= 0.6 is 0 Å². The van der Waals surface area contributed by atoms with Crippen molar-refractivity contribution in [1.29, 1.82) is 5.26 Å². The molecule has 2 aromatic heterocycles. The van der Waals surface area contributed by atoms with Crippen molar-refractivity contribution in [2.45, 2.75) is 26.4 Å². The predicted molar refractivity (Wildman–Crippen MR) is 134 cm³/mol. The highest BCUT2D eigenvalue weighted by atomic mass is 16.5. The molecule has 2 heterocycles. The molecule has 8 nitrogen and oxygen atoms in total. The van der Waals surface area contributed by atoms with Crippen LogP contribution in [0.3, 0.4) is 0 Å². The Kier molecular flexibility index (Phi) is 6.75. The van der Waals surface area contributed by atoms with E-state index in [9.17, 15) is 0 Å². The van der Waals surface area contributed by atoms with Gasteiger partial charge in [0.1, 0.15) is 17.4 Å². The van der Waals surface area contributed by atoms with Gasteiger partial charge in [-0.15, -0.1) is 5.10 Å². The molecule has 0 fully saturated rings. The monoisotopic (exact) mass is 455 g/mol. The van der Waals surface area contributed by atoms with E-state index >= 15 is 0 Å². The van der Waals surface area contributed by atoms with E-state index in [0.717, 1.165) is 58.1 Å². The molecule has 1 unspecified atom stereocenters. The third-order valence-electron chi connectivity index (χ3n) is 5.82. The van der Waals surface area contributed by atoms with E-state index in [-0.39, 0.29) is 6.10 Å². The second-order valence-electron chi connectivity index (χ2n) is 8.45. The van der Waals surface area contributed by atoms with E-state index in [0.29, 0.717) is 5.56 Å². The summed E-state index contributed by atoms with van der Waals surface area (Å²) in [5.41, 5.74) is 5.25. The highest BCUT2D eigenvalue weighted by Gasteiger charge is 2.19. The Hall–Kier alpha value is -3.96. The summed E-state index contributed by atoms with van der Waals surface area (Å²) in [6.07, 6.45) is 0.643. The van der Waals surface area contributed by atoms with Crippen LogP contribution in [0.25, 0.3) is 16.6 Å². The topological polar surface area (TPSA) is 91.9 Å². The van der Waals surface area contributed by atoms with Crippen LogP contribution in [-0.2, 0) is 0 Å². The molecule has 0 aliphatic heterocycles. The van der Waals surface area contributed by atoms with Crippen LogP contribution in [0.2, 0.25) is 0 Å². The quantitative estimate of drug-likeness (QED) is 0.428. The molecular formula is C26H29N7O. The van der Waals surface area contributed by atoms with Gasteiger partial charge in [-0.3, -0.25) is 0 Å². The van der Waals surface area contributed by atoms with Gasteiger partial charge in [0.25, 0.3) is 0 Å². The van der Waals surface area contributed by atoms with Crippen LogP contribution in [0.4, 0.5) is 5.82 Å². The molecule has 0 spiro atoms. The van der Waals surface area contributed by atoms with E-state index < -0.39 is 0 Å². The van der Waals surface area contributed by atoms with Crippen molar-refractivity contribution in [3.05, 3.63) is 71.0 Å². The maximum absolute atomic E-state index is 9.11. The first-order valence-corrected chi connectivity index (χ1v) is 11.2. The van der Waals surface area contributed by atoms with Crippen LogP contribution in [0.15, 0.2) is 48.5 Å². The fourth-order valence-corrected chi connectivity index (χ4v) is 4.06. The van der Waals surface area contributed by atoms with E-state index in [2.05, 4.69) is 21.6 Å². The first-order chi connectivity index (χ1) is 16.4. The minimum Gasteiger partial charge on any atom is -0.486 e. The van der Waals surface area contributed by atoms with Gasteiger partial charge in [0, 0.05) is 26.6 Å². The number of anilines is 1. The normalized spacial score (nSPS) is 11.9. The average Bonchev–Trinajstić information content (AvgIpc) is 3.20. The maximum Gasteiger partial charge on any atom is 0.179 e. The molecule has 4 aromatic rings. The number of rotatable bonds is 8. The number of fused-ring (bicyclic) bond motifs is 1. The van der Waals surface area contributed by atoms with Gasteiger partial charge < -0.3 is 15.0 Å². The minimum absolute atomic E-state index is 0.149. The molecule has 0 saturated carbocycles. The molecule has 2 aromatic carbocycles. The largest absolute Gasteiger partial charge is 0.486 e.